The monoisotopic (exact) mass is 423 g/mol. The summed E-state index contributed by atoms with van der Waals surface area (Å²) in [5.74, 6) is 1.20. The summed E-state index contributed by atoms with van der Waals surface area (Å²) in [6.45, 7) is 0. The predicted molar refractivity (Wildman–Crippen MR) is 107 cm³/mol. The van der Waals surface area contributed by atoms with Crippen LogP contribution in [0.5, 0.6) is 0 Å². The molecule has 0 atom stereocenters. The minimum Gasteiger partial charge on any atom is -0.307 e. The molecule has 0 spiro atoms. The summed E-state index contributed by atoms with van der Waals surface area (Å²) < 4.78 is 40.7. The van der Waals surface area contributed by atoms with Crippen LogP contribution in [0.3, 0.4) is 0 Å². The molecule has 0 radical (unpaired) electrons. The van der Waals surface area contributed by atoms with Crippen molar-refractivity contribution < 1.29 is 13.2 Å². The van der Waals surface area contributed by atoms with Crippen LogP contribution in [0.1, 0.15) is 30.0 Å². The Labute approximate surface area is 174 Å². The topological polar surface area (TPSA) is 92.3 Å². The van der Waals surface area contributed by atoms with E-state index in [0.29, 0.717) is 17.3 Å². The van der Waals surface area contributed by atoms with Gasteiger partial charge in [0.15, 0.2) is 17.5 Å². The summed E-state index contributed by atoms with van der Waals surface area (Å²) in [5.41, 5.74) is 0.667. The quantitative estimate of drug-likeness (QED) is 0.471. The average molecular weight is 423 g/mol. The van der Waals surface area contributed by atoms with Crippen LogP contribution < -0.4 is 5.32 Å². The zero-order valence-electron chi connectivity index (χ0n) is 16.1. The van der Waals surface area contributed by atoms with Gasteiger partial charge in [-0.15, -0.1) is 0 Å². The Morgan fingerprint density at radius 2 is 1.68 bits per heavy atom. The molecule has 7 nitrogen and oxygen atoms in total. The molecule has 2 N–H and O–H groups in total. The van der Waals surface area contributed by atoms with Crippen molar-refractivity contribution in [2.45, 2.75) is 24.9 Å². The van der Waals surface area contributed by atoms with Crippen molar-refractivity contribution >= 4 is 11.8 Å². The van der Waals surface area contributed by atoms with E-state index in [9.17, 15) is 13.2 Å². The molecule has 1 aromatic carbocycles. The molecule has 10 heteroatoms. The highest BCUT2D eigenvalue weighted by molar-refractivity contribution is 5.66. The average Bonchev–Trinajstić information content (AvgIpc) is 3.53. The van der Waals surface area contributed by atoms with E-state index in [-0.39, 0.29) is 23.2 Å². The molecule has 3 aromatic heterocycles. The molecule has 31 heavy (non-hydrogen) atoms. The third kappa shape index (κ3) is 4.09. The van der Waals surface area contributed by atoms with Gasteiger partial charge in [-0.05, 0) is 31.0 Å². The zero-order chi connectivity index (χ0) is 21.4. The molecule has 3 heterocycles. The van der Waals surface area contributed by atoms with Gasteiger partial charge in [0, 0.05) is 41.2 Å². The number of H-pyrrole nitrogens is 1. The van der Waals surface area contributed by atoms with Gasteiger partial charge in [-0.3, -0.25) is 10.1 Å². The second-order valence-electron chi connectivity index (χ2n) is 7.19. The molecule has 0 unspecified atom stereocenters. The lowest BCUT2D eigenvalue weighted by molar-refractivity contribution is -0.137. The van der Waals surface area contributed by atoms with Crippen molar-refractivity contribution in [3.05, 3.63) is 66.1 Å². The molecule has 1 saturated carbocycles. The van der Waals surface area contributed by atoms with Crippen LogP contribution in [0.15, 0.2) is 54.9 Å². The fourth-order valence-corrected chi connectivity index (χ4v) is 3.23. The number of anilines is 2. The van der Waals surface area contributed by atoms with E-state index in [4.69, 9.17) is 0 Å². The Hall–Kier alpha value is -3.82. The molecule has 1 aliphatic rings. The summed E-state index contributed by atoms with van der Waals surface area (Å²) in [4.78, 5) is 16.9. The number of aromatic amines is 1. The summed E-state index contributed by atoms with van der Waals surface area (Å²) in [6, 6.07) is 10.4. The third-order valence-corrected chi connectivity index (χ3v) is 4.90. The number of rotatable bonds is 5. The number of hydrogen-bond acceptors (Lipinski definition) is 6. The highest BCUT2D eigenvalue weighted by Gasteiger charge is 2.34. The van der Waals surface area contributed by atoms with Crippen LogP contribution in [0, 0.1) is 0 Å². The summed E-state index contributed by atoms with van der Waals surface area (Å²) >= 11 is 0. The third-order valence-electron chi connectivity index (χ3n) is 4.90. The largest absolute Gasteiger partial charge is 0.417 e. The number of pyridine rings is 1. The van der Waals surface area contributed by atoms with Crippen LogP contribution in [0.4, 0.5) is 24.9 Å². The zero-order valence-corrected chi connectivity index (χ0v) is 16.1. The maximum atomic E-state index is 13.6. The number of nitrogens with zero attached hydrogens (tertiary/aromatic N) is 5. The first kappa shape index (κ1) is 19.2. The maximum Gasteiger partial charge on any atom is 0.417 e. The van der Waals surface area contributed by atoms with Crippen molar-refractivity contribution in [1.82, 2.24) is 30.1 Å². The number of alkyl halides is 3. The van der Waals surface area contributed by atoms with Gasteiger partial charge >= 0.3 is 6.18 Å². The summed E-state index contributed by atoms with van der Waals surface area (Å²) in [6.07, 6.45) is 0.793. The molecule has 1 aliphatic carbocycles. The summed E-state index contributed by atoms with van der Waals surface area (Å²) in [7, 11) is 0. The van der Waals surface area contributed by atoms with Gasteiger partial charge < -0.3 is 5.32 Å². The molecule has 1 fully saturated rings. The molecule has 4 aromatic rings. The van der Waals surface area contributed by atoms with Crippen molar-refractivity contribution in [1.29, 1.82) is 0 Å². The van der Waals surface area contributed by atoms with E-state index >= 15 is 0 Å². The van der Waals surface area contributed by atoms with Crippen molar-refractivity contribution in [3.8, 4) is 22.8 Å². The molecule has 0 aliphatic heterocycles. The second-order valence-corrected chi connectivity index (χ2v) is 7.19. The van der Waals surface area contributed by atoms with Crippen molar-refractivity contribution in [2.75, 3.05) is 5.32 Å². The Morgan fingerprint density at radius 1 is 0.935 bits per heavy atom. The second kappa shape index (κ2) is 7.46. The van der Waals surface area contributed by atoms with Crippen LogP contribution in [0.25, 0.3) is 22.8 Å². The van der Waals surface area contributed by atoms with E-state index < -0.39 is 11.7 Å². The molecule has 0 saturated heterocycles. The molecular weight excluding hydrogens is 407 g/mol. The number of nitrogens with one attached hydrogen (secondary N) is 2. The number of halogens is 3. The van der Waals surface area contributed by atoms with Gasteiger partial charge in [-0.2, -0.15) is 28.2 Å². The van der Waals surface area contributed by atoms with Gasteiger partial charge in [0.25, 0.3) is 0 Å². The summed E-state index contributed by atoms with van der Waals surface area (Å²) in [5, 5.41) is 10.2. The molecular formula is C21H16F3N7. The van der Waals surface area contributed by atoms with E-state index in [1.165, 1.54) is 18.2 Å². The van der Waals surface area contributed by atoms with Gasteiger partial charge in [-0.25, -0.2) is 4.98 Å². The fourth-order valence-electron chi connectivity index (χ4n) is 3.23. The maximum absolute atomic E-state index is 13.6. The lowest BCUT2D eigenvalue weighted by Gasteiger charge is -2.13. The lowest BCUT2D eigenvalue weighted by atomic mass is 10.1. The van der Waals surface area contributed by atoms with E-state index in [1.807, 2.05) is 6.07 Å². The first-order chi connectivity index (χ1) is 15.0. The van der Waals surface area contributed by atoms with Crippen LogP contribution >= 0.6 is 0 Å². The predicted octanol–water partition coefficient (Wildman–Crippen LogP) is 4.96. The SMILES string of the molecule is FC(F)(F)c1ccccc1-c1nc(Nc2cc(C3CC3)[nH]n2)nc(-c2ccncc2)n1. The smallest absolute Gasteiger partial charge is 0.307 e. The lowest BCUT2D eigenvalue weighted by Crippen LogP contribution is -2.09. The molecule has 5 rings (SSSR count). The van der Waals surface area contributed by atoms with Gasteiger partial charge in [-0.1, -0.05) is 18.2 Å². The van der Waals surface area contributed by atoms with Crippen LogP contribution in [-0.2, 0) is 6.18 Å². The fraction of sp³-hybridized carbons (Fsp3) is 0.190. The van der Waals surface area contributed by atoms with Crippen molar-refractivity contribution in [3.63, 3.8) is 0 Å². The Balaban J connectivity index is 1.60. The highest BCUT2D eigenvalue weighted by Crippen LogP contribution is 2.40. The van der Waals surface area contributed by atoms with E-state index in [2.05, 4.69) is 35.5 Å². The Morgan fingerprint density at radius 3 is 2.42 bits per heavy atom. The number of hydrogen-bond donors (Lipinski definition) is 2. The van der Waals surface area contributed by atoms with Crippen molar-refractivity contribution in [2.24, 2.45) is 0 Å². The normalized spacial score (nSPS) is 13.9. The van der Waals surface area contributed by atoms with Crippen LogP contribution in [0.2, 0.25) is 0 Å². The first-order valence-corrected chi connectivity index (χ1v) is 9.63. The number of aromatic nitrogens is 6. The Bertz CT molecular complexity index is 1220. The van der Waals surface area contributed by atoms with Gasteiger partial charge in [0.2, 0.25) is 5.95 Å². The minimum absolute atomic E-state index is 0.0878. The molecule has 0 amide bonds. The molecule has 156 valence electrons. The molecule has 0 bridgehead atoms. The van der Waals surface area contributed by atoms with E-state index in [0.717, 1.165) is 24.6 Å². The highest BCUT2D eigenvalue weighted by atomic mass is 19.4. The Kier molecular flexibility index (Phi) is 4.61. The standard InChI is InChI=1S/C21H16F3N7/c22-21(23,24)15-4-2-1-3-14(15)19-27-18(13-7-9-25-10-8-13)28-20(29-19)26-17-11-16(30-31-17)12-5-6-12/h1-4,7-12H,5-6H2,(H2,26,27,28,29,30,31). The first-order valence-electron chi connectivity index (χ1n) is 9.63. The van der Waals surface area contributed by atoms with Crippen LogP contribution in [-0.4, -0.2) is 30.1 Å². The minimum atomic E-state index is -4.55. The van der Waals surface area contributed by atoms with Gasteiger partial charge in [0.1, 0.15) is 0 Å². The van der Waals surface area contributed by atoms with E-state index in [1.54, 1.807) is 24.5 Å². The number of benzene rings is 1. The van der Waals surface area contributed by atoms with Gasteiger partial charge in [0.05, 0.1) is 5.56 Å².